The van der Waals surface area contributed by atoms with Crippen LogP contribution in [0.15, 0.2) is 29.8 Å². The highest BCUT2D eigenvalue weighted by Crippen LogP contribution is 2.29. The van der Waals surface area contributed by atoms with Crippen molar-refractivity contribution >= 4 is 28.3 Å². The molecule has 0 saturated carbocycles. The number of hydrogen-bond donors (Lipinski definition) is 1. The van der Waals surface area contributed by atoms with E-state index in [1.807, 2.05) is 31.2 Å². The lowest BCUT2D eigenvalue weighted by Crippen LogP contribution is -2.09. The monoisotopic (exact) mass is 273 g/mol. The van der Waals surface area contributed by atoms with E-state index < -0.39 is 5.97 Å². The lowest BCUT2D eigenvalue weighted by molar-refractivity contribution is -0.137. The number of imidazole rings is 1. The molecule has 0 saturated heterocycles. The van der Waals surface area contributed by atoms with E-state index in [0.29, 0.717) is 5.82 Å². The molecule has 3 aromatic rings. The molecule has 0 atom stereocenters. The van der Waals surface area contributed by atoms with Gasteiger partial charge in [0.25, 0.3) is 0 Å². The first-order valence-electron chi connectivity index (χ1n) is 5.74. The molecular formula is C13H11N3O2S. The molecule has 0 unspecified atom stereocenters. The quantitative estimate of drug-likeness (QED) is 0.796. The second kappa shape index (κ2) is 4.47. The van der Waals surface area contributed by atoms with Crippen LogP contribution in [0.4, 0.5) is 0 Å². The van der Waals surface area contributed by atoms with Crippen LogP contribution in [-0.4, -0.2) is 25.6 Å². The van der Waals surface area contributed by atoms with Crippen LogP contribution in [0.5, 0.6) is 0 Å². The molecule has 0 spiro atoms. The third kappa shape index (κ3) is 2.00. The first-order chi connectivity index (χ1) is 9.16. The Bertz CT molecular complexity index is 760. The molecular weight excluding hydrogens is 262 g/mol. The predicted octanol–water partition coefficient (Wildman–Crippen LogP) is 2.55. The molecule has 1 N–H and O–H groups in total. The maximum atomic E-state index is 11.1. The Morgan fingerprint density at radius 2 is 2.21 bits per heavy atom. The summed E-state index contributed by atoms with van der Waals surface area (Å²) in [6.07, 6.45) is 0. The summed E-state index contributed by atoms with van der Waals surface area (Å²) in [6.45, 7) is 1.80. The van der Waals surface area contributed by atoms with E-state index in [2.05, 4.69) is 9.97 Å². The van der Waals surface area contributed by atoms with E-state index in [0.717, 1.165) is 21.6 Å². The minimum absolute atomic E-state index is 0.104. The Morgan fingerprint density at radius 3 is 2.89 bits per heavy atom. The van der Waals surface area contributed by atoms with Gasteiger partial charge in [0.05, 0.1) is 27.1 Å². The largest absolute Gasteiger partial charge is 0.480 e. The number of para-hydroxylation sites is 2. The van der Waals surface area contributed by atoms with Crippen molar-refractivity contribution in [3.63, 3.8) is 0 Å². The van der Waals surface area contributed by atoms with Crippen LogP contribution in [0.3, 0.4) is 0 Å². The summed E-state index contributed by atoms with van der Waals surface area (Å²) in [5.74, 6) is -0.213. The van der Waals surface area contributed by atoms with E-state index in [4.69, 9.17) is 5.11 Å². The van der Waals surface area contributed by atoms with E-state index in [1.165, 1.54) is 11.3 Å². The van der Waals surface area contributed by atoms with Crippen LogP contribution in [-0.2, 0) is 11.3 Å². The maximum Gasteiger partial charge on any atom is 0.323 e. The predicted molar refractivity (Wildman–Crippen MR) is 73.2 cm³/mol. The van der Waals surface area contributed by atoms with Gasteiger partial charge in [-0.2, -0.15) is 0 Å². The number of thiazole rings is 1. The van der Waals surface area contributed by atoms with Crippen molar-refractivity contribution < 1.29 is 9.90 Å². The molecule has 0 aliphatic carbocycles. The summed E-state index contributed by atoms with van der Waals surface area (Å²) >= 11 is 1.47. The molecule has 0 fully saturated rings. The molecule has 1 aromatic carbocycles. The SMILES string of the molecule is Cc1ncsc1-c1nc2ccccc2n1CC(=O)O. The zero-order valence-electron chi connectivity index (χ0n) is 10.2. The number of carbonyl (C=O) groups is 1. The molecule has 2 aromatic heterocycles. The number of rotatable bonds is 3. The third-order valence-corrected chi connectivity index (χ3v) is 3.82. The molecule has 6 heteroatoms. The van der Waals surface area contributed by atoms with E-state index in [9.17, 15) is 4.79 Å². The van der Waals surface area contributed by atoms with E-state index >= 15 is 0 Å². The normalized spacial score (nSPS) is 11.0. The fourth-order valence-electron chi connectivity index (χ4n) is 2.06. The lowest BCUT2D eigenvalue weighted by Gasteiger charge is -2.05. The number of carboxylic acid groups (broad SMARTS) is 1. The van der Waals surface area contributed by atoms with Crippen LogP contribution in [0, 0.1) is 6.92 Å². The number of carboxylic acids is 1. The first kappa shape index (κ1) is 11.9. The van der Waals surface area contributed by atoms with Gasteiger partial charge in [0, 0.05) is 0 Å². The van der Waals surface area contributed by atoms with Gasteiger partial charge in [0.2, 0.25) is 0 Å². The summed E-state index contributed by atoms with van der Waals surface area (Å²) in [7, 11) is 0. The molecule has 2 heterocycles. The highest BCUT2D eigenvalue weighted by atomic mass is 32.1. The van der Waals surface area contributed by atoms with Gasteiger partial charge >= 0.3 is 5.97 Å². The Kier molecular flexibility index (Phi) is 2.79. The number of aromatic nitrogens is 3. The van der Waals surface area contributed by atoms with Crippen molar-refractivity contribution in [3.05, 3.63) is 35.5 Å². The maximum absolute atomic E-state index is 11.1. The van der Waals surface area contributed by atoms with E-state index in [1.54, 1.807) is 10.1 Å². The molecule has 0 bridgehead atoms. The van der Waals surface area contributed by atoms with Gasteiger partial charge in [0.15, 0.2) is 5.82 Å². The third-order valence-electron chi connectivity index (χ3n) is 2.90. The Hall–Kier alpha value is -2.21. The van der Waals surface area contributed by atoms with Gasteiger partial charge in [-0.3, -0.25) is 4.79 Å². The molecule has 96 valence electrons. The van der Waals surface area contributed by atoms with Crippen LogP contribution >= 0.6 is 11.3 Å². The van der Waals surface area contributed by atoms with Crippen LogP contribution in [0.1, 0.15) is 5.69 Å². The topological polar surface area (TPSA) is 68.0 Å². The smallest absolute Gasteiger partial charge is 0.323 e. The fourth-order valence-corrected chi connectivity index (χ4v) is 2.86. The van der Waals surface area contributed by atoms with Crippen molar-refractivity contribution in [2.75, 3.05) is 0 Å². The average molecular weight is 273 g/mol. The lowest BCUT2D eigenvalue weighted by atomic mass is 10.3. The minimum atomic E-state index is -0.883. The van der Waals surface area contributed by atoms with Gasteiger partial charge in [-0.15, -0.1) is 11.3 Å². The average Bonchev–Trinajstić information content (AvgIpc) is 2.93. The van der Waals surface area contributed by atoms with Crippen LogP contribution in [0.25, 0.3) is 21.7 Å². The highest BCUT2D eigenvalue weighted by molar-refractivity contribution is 7.13. The van der Waals surface area contributed by atoms with Gasteiger partial charge in [0.1, 0.15) is 6.54 Å². The van der Waals surface area contributed by atoms with Crippen molar-refractivity contribution in [2.24, 2.45) is 0 Å². The standard InChI is InChI=1S/C13H11N3O2S/c1-8-12(19-7-14-8)13-15-9-4-2-3-5-10(9)16(13)6-11(17)18/h2-5,7H,6H2,1H3,(H,17,18). The van der Waals surface area contributed by atoms with Gasteiger partial charge in [-0.25, -0.2) is 9.97 Å². The Morgan fingerprint density at radius 1 is 1.42 bits per heavy atom. The van der Waals surface area contributed by atoms with Crippen LogP contribution in [0.2, 0.25) is 0 Å². The van der Waals surface area contributed by atoms with Gasteiger partial charge in [-0.05, 0) is 19.1 Å². The number of hydrogen-bond acceptors (Lipinski definition) is 4. The second-order valence-electron chi connectivity index (χ2n) is 4.17. The molecule has 0 radical (unpaired) electrons. The number of nitrogens with zero attached hydrogens (tertiary/aromatic N) is 3. The molecule has 19 heavy (non-hydrogen) atoms. The minimum Gasteiger partial charge on any atom is -0.480 e. The summed E-state index contributed by atoms with van der Waals surface area (Å²) in [5.41, 5.74) is 4.24. The zero-order valence-corrected chi connectivity index (χ0v) is 11.0. The van der Waals surface area contributed by atoms with Crippen molar-refractivity contribution in [1.29, 1.82) is 0 Å². The second-order valence-corrected chi connectivity index (χ2v) is 5.03. The van der Waals surface area contributed by atoms with Gasteiger partial charge in [-0.1, -0.05) is 12.1 Å². The summed E-state index contributed by atoms with van der Waals surface area (Å²) in [4.78, 5) is 20.7. The fraction of sp³-hybridized carbons (Fsp3) is 0.154. The number of aliphatic carboxylic acids is 1. The summed E-state index contributed by atoms with van der Waals surface area (Å²) in [6, 6.07) is 7.54. The molecule has 0 aliphatic rings. The molecule has 0 amide bonds. The summed E-state index contributed by atoms with van der Waals surface area (Å²) < 4.78 is 1.72. The zero-order chi connectivity index (χ0) is 13.4. The van der Waals surface area contributed by atoms with Crippen molar-refractivity contribution in [3.8, 4) is 10.7 Å². The first-order valence-corrected chi connectivity index (χ1v) is 6.62. The number of fused-ring (bicyclic) bond motifs is 1. The van der Waals surface area contributed by atoms with E-state index in [-0.39, 0.29) is 6.54 Å². The molecule has 5 nitrogen and oxygen atoms in total. The van der Waals surface area contributed by atoms with Crippen LogP contribution < -0.4 is 0 Å². The highest BCUT2D eigenvalue weighted by Gasteiger charge is 2.17. The number of benzene rings is 1. The Balaban J connectivity index is 2.28. The molecule has 0 aliphatic heterocycles. The van der Waals surface area contributed by atoms with Crippen molar-refractivity contribution in [2.45, 2.75) is 13.5 Å². The summed E-state index contributed by atoms with van der Waals surface area (Å²) in [5, 5.41) is 9.08. The van der Waals surface area contributed by atoms with Gasteiger partial charge < -0.3 is 9.67 Å². The van der Waals surface area contributed by atoms with Crippen molar-refractivity contribution in [1.82, 2.24) is 14.5 Å². The molecule has 3 rings (SSSR count). The number of aryl methyl sites for hydroxylation is 1. The Labute approximate surface area is 113 Å².